The molecule has 1 saturated heterocycles. The first kappa shape index (κ1) is 15.1. The third-order valence-electron chi connectivity index (χ3n) is 4.07. The molecule has 0 spiro atoms. The van der Waals surface area contributed by atoms with Gasteiger partial charge in [-0.1, -0.05) is 20.8 Å². The molecule has 1 aliphatic heterocycles. The zero-order chi connectivity index (χ0) is 14.0. The van der Waals surface area contributed by atoms with Crippen LogP contribution in [0.5, 0.6) is 0 Å². The van der Waals surface area contributed by atoms with Crippen LogP contribution < -0.4 is 4.90 Å². The Balaban J connectivity index is 2.10. The van der Waals surface area contributed by atoms with E-state index >= 15 is 0 Å². The molecule has 0 radical (unpaired) electrons. The monoisotopic (exact) mass is 344 g/mol. The van der Waals surface area contributed by atoms with Crippen LogP contribution >= 0.6 is 27.5 Å². The minimum Gasteiger partial charge on any atom is -0.356 e. The van der Waals surface area contributed by atoms with Gasteiger partial charge >= 0.3 is 0 Å². The van der Waals surface area contributed by atoms with Crippen LogP contribution in [0.1, 0.15) is 39.2 Å². The fourth-order valence-electron chi connectivity index (χ4n) is 2.81. The van der Waals surface area contributed by atoms with Crippen molar-refractivity contribution in [1.82, 2.24) is 4.98 Å². The van der Waals surface area contributed by atoms with E-state index < -0.39 is 0 Å². The lowest BCUT2D eigenvalue weighted by molar-refractivity contribution is 0.198. The van der Waals surface area contributed by atoms with E-state index in [1.165, 1.54) is 12.8 Å². The summed E-state index contributed by atoms with van der Waals surface area (Å²) < 4.78 is 0.997. The summed E-state index contributed by atoms with van der Waals surface area (Å²) in [5.74, 6) is 2.38. The summed E-state index contributed by atoms with van der Waals surface area (Å²) in [6.07, 6.45) is 4.34. The standard InChI is InChI=1S/C15H22BrClN2/c1-15(2,3)12-4-6-19(7-5-12)14-11(9-17)8-13(16)10-18-14/h8,10,12H,4-7,9H2,1-3H3. The lowest BCUT2D eigenvalue weighted by Gasteiger charge is -2.39. The third kappa shape index (κ3) is 3.63. The summed E-state index contributed by atoms with van der Waals surface area (Å²) in [7, 11) is 0. The predicted octanol–water partition coefficient (Wildman–Crippen LogP) is 4.85. The molecule has 0 amide bonds. The Kier molecular flexibility index (Phi) is 4.78. The van der Waals surface area contributed by atoms with E-state index in [-0.39, 0.29) is 0 Å². The van der Waals surface area contributed by atoms with Crippen molar-refractivity contribution in [3.63, 3.8) is 0 Å². The van der Waals surface area contributed by atoms with E-state index in [1.807, 2.05) is 6.20 Å². The summed E-state index contributed by atoms with van der Waals surface area (Å²) >= 11 is 9.49. The van der Waals surface area contributed by atoms with Crippen LogP contribution in [0, 0.1) is 11.3 Å². The van der Waals surface area contributed by atoms with Crippen molar-refractivity contribution in [2.24, 2.45) is 11.3 Å². The SMILES string of the molecule is CC(C)(C)C1CCN(c2ncc(Br)cc2CCl)CC1. The third-order valence-corrected chi connectivity index (χ3v) is 4.79. The molecule has 106 valence electrons. The highest BCUT2D eigenvalue weighted by molar-refractivity contribution is 9.10. The molecular weight excluding hydrogens is 324 g/mol. The maximum atomic E-state index is 6.04. The van der Waals surface area contributed by atoms with E-state index in [0.717, 1.165) is 34.9 Å². The van der Waals surface area contributed by atoms with Crippen molar-refractivity contribution in [2.75, 3.05) is 18.0 Å². The second kappa shape index (κ2) is 6.01. The van der Waals surface area contributed by atoms with Crippen LogP contribution in [0.25, 0.3) is 0 Å². The minimum atomic E-state index is 0.411. The predicted molar refractivity (Wildman–Crippen MR) is 85.9 cm³/mol. The molecule has 0 unspecified atom stereocenters. The fraction of sp³-hybridized carbons (Fsp3) is 0.667. The fourth-order valence-corrected chi connectivity index (χ4v) is 3.39. The highest BCUT2D eigenvalue weighted by atomic mass is 79.9. The van der Waals surface area contributed by atoms with Crippen molar-refractivity contribution in [2.45, 2.75) is 39.5 Å². The molecule has 2 nitrogen and oxygen atoms in total. The summed E-state index contributed by atoms with van der Waals surface area (Å²) in [4.78, 5) is 6.94. The molecular formula is C15H22BrClN2. The Morgan fingerprint density at radius 2 is 2.00 bits per heavy atom. The lowest BCUT2D eigenvalue weighted by Crippen LogP contribution is -2.38. The molecule has 0 atom stereocenters. The maximum absolute atomic E-state index is 6.04. The summed E-state index contributed by atoms with van der Waals surface area (Å²) in [6, 6.07) is 2.07. The van der Waals surface area contributed by atoms with Gasteiger partial charge in [-0.3, -0.25) is 0 Å². The zero-order valence-electron chi connectivity index (χ0n) is 11.9. The molecule has 1 aromatic rings. The average Bonchev–Trinajstić information content (AvgIpc) is 2.37. The van der Waals surface area contributed by atoms with Gasteiger partial charge in [-0.15, -0.1) is 11.6 Å². The Hall–Kier alpha value is -0.280. The molecule has 2 heterocycles. The van der Waals surface area contributed by atoms with Gasteiger partial charge in [0.05, 0.1) is 5.88 Å². The first-order chi connectivity index (χ1) is 8.91. The number of anilines is 1. The Labute approximate surface area is 129 Å². The van der Waals surface area contributed by atoms with Gasteiger partial charge in [-0.05, 0) is 46.2 Å². The number of alkyl halides is 1. The van der Waals surface area contributed by atoms with Crippen LogP contribution in [-0.4, -0.2) is 18.1 Å². The van der Waals surface area contributed by atoms with Gasteiger partial charge in [-0.2, -0.15) is 0 Å². The molecule has 0 bridgehead atoms. The minimum absolute atomic E-state index is 0.411. The highest BCUT2D eigenvalue weighted by Gasteiger charge is 2.29. The van der Waals surface area contributed by atoms with Gasteiger partial charge in [0.15, 0.2) is 0 Å². The summed E-state index contributed by atoms with van der Waals surface area (Å²) in [5.41, 5.74) is 1.53. The smallest absolute Gasteiger partial charge is 0.133 e. The van der Waals surface area contributed by atoms with E-state index in [2.05, 4.69) is 52.7 Å². The van der Waals surface area contributed by atoms with Gasteiger partial charge in [0, 0.05) is 29.3 Å². The molecule has 1 aliphatic rings. The van der Waals surface area contributed by atoms with E-state index in [1.54, 1.807) is 0 Å². The van der Waals surface area contributed by atoms with Crippen molar-refractivity contribution in [3.8, 4) is 0 Å². The van der Waals surface area contributed by atoms with Gasteiger partial charge in [-0.25, -0.2) is 4.98 Å². The second-order valence-corrected chi connectivity index (χ2v) is 7.58. The molecule has 0 N–H and O–H groups in total. The number of halogens is 2. The second-order valence-electron chi connectivity index (χ2n) is 6.40. The van der Waals surface area contributed by atoms with E-state index in [0.29, 0.717) is 11.3 Å². The molecule has 1 fully saturated rings. The normalized spacial score (nSPS) is 17.8. The molecule has 0 aliphatic carbocycles. The quantitative estimate of drug-likeness (QED) is 0.713. The van der Waals surface area contributed by atoms with Crippen molar-refractivity contribution < 1.29 is 0 Å². The Morgan fingerprint density at radius 1 is 1.37 bits per heavy atom. The first-order valence-corrected chi connectivity index (χ1v) is 8.20. The van der Waals surface area contributed by atoms with Crippen LogP contribution in [-0.2, 0) is 5.88 Å². The number of pyridine rings is 1. The lowest BCUT2D eigenvalue weighted by atomic mass is 9.75. The molecule has 4 heteroatoms. The zero-order valence-corrected chi connectivity index (χ0v) is 14.3. The number of hydrogen-bond donors (Lipinski definition) is 0. The number of piperidine rings is 1. The van der Waals surface area contributed by atoms with Crippen molar-refractivity contribution in [3.05, 3.63) is 22.3 Å². The topological polar surface area (TPSA) is 16.1 Å². The van der Waals surface area contributed by atoms with Crippen LogP contribution in [0.4, 0.5) is 5.82 Å². The molecule has 0 aromatic carbocycles. The summed E-state index contributed by atoms with van der Waals surface area (Å²) in [6.45, 7) is 9.20. The van der Waals surface area contributed by atoms with Gasteiger partial charge in [0.25, 0.3) is 0 Å². The summed E-state index contributed by atoms with van der Waals surface area (Å²) in [5, 5.41) is 0. The number of aromatic nitrogens is 1. The first-order valence-electron chi connectivity index (χ1n) is 6.87. The van der Waals surface area contributed by atoms with Crippen molar-refractivity contribution in [1.29, 1.82) is 0 Å². The maximum Gasteiger partial charge on any atom is 0.133 e. The van der Waals surface area contributed by atoms with E-state index in [4.69, 9.17) is 11.6 Å². The largest absolute Gasteiger partial charge is 0.356 e. The molecule has 2 rings (SSSR count). The van der Waals surface area contributed by atoms with Gasteiger partial charge in [0.1, 0.15) is 5.82 Å². The van der Waals surface area contributed by atoms with E-state index in [9.17, 15) is 0 Å². The average molecular weight is 346 g/mol. The Morgan fingerprint density at radius 3 is 2.53 bits per heavy atom. The molecule has 19 heavy (non-hydrogen) atoms. The number of hydrogen-bond acceptors (Lipinski definition) is 2. The molecule has 1 aromatic heterocycles. The van der Waals surface area contributed by atoms with Crippen LogP contribution in [0.15, 0.2) is 16.7 Å². The Bertz CT molecular complexity index is 434. The molecule has 0 saturated carbocycles. The number of nitrogens with zero attached hydrogens (tertiary/aromatic N) is 2. The van der Waals surface area contributed by atoms with Gasteiger partial charge < -0.3 is 4.90 Å². The van der Waals surface area contributed by atoms with Crippen molar-refractivity contribution >= 4 is 33.3 Å². The van der Waals surface area contributed by atoms with Gasteiger partial charge in [0.2, 0.25) is 0 Å². The highest BCUT2D eigenvalue weighted by Crippen LogP contribution is 2.36. The van der Waals surface area contributed by atoms with Crippen LogP contribution in [0.2, 0.25) is 0 Å². The number of rotatable bonds is 2. The van der Waals surface area contributed by atoms with Crippen LogP contribution in [0.3, 0.4) is 0 Å².